The third kappa shape index (κ3) is 2.92. The van der Waals surface area contributed by atoms with E-state index in [2.05, 4.69) is 0 Å². The van der Waals surface area contributed by atoms with Gasteiger partial charge in [0.05, 0.1) is 6.42 Å². The summed E-state index contributed by atoms with van der Waals surface area (Å²) >= 11 is 0. The molecule has 1 aliphatic heterocycles. The highest BCUT2D eigenvalue weighted by atomic mass is 19.4. The number of hydrogen-bond acceptors (Lipinski definition) is 2. The van der Waals surface area contributed by atoms with Crippen LogP contribution in [0.2, 0.25) is 0 Å². The van der Waals surface area contributed by atoms with Gasteiger partial charge in [0, 0.05) is 13.1 Å². The molecule has 0 radical (unpaired) electrons. The SMILES string of the molecule is O=C(O)Cc1cccc2c1CN(C(=O)C(F)(F)F)CC2. The van der Waals surface area contributed by atoms with Gasteiger partial charge in [-0.15, -0.1) is 0 Å². The standard InChI is InChI=1S/C13H12F3NO3/c14-13(15,16)12(20)17-5-4-8-2-1-3-9(6-11(18)19)10(8)7-17/h1-3H,4-7H2,(H,18,19). The highest BCUT2D eigenvalue weighted by Crippen LogP contribution is 2.27. The summed E-state index contributed by atoms with van der Waals surface area (Å²) in [6.07, 6.45) is -4.87. The first-order chi connectivity index (χ1) is 9.29. The Morgan fingerprint density at radius 3 is 2.60 bits per heavy atom. The molecule has 0 spiro atoms. The molecule has 108 valence electrons. The Labute approximate surface area is 112 Å². The molecular weight excluding hydrogens is 275 g/mol. The topological polar surface area (TPSA) is 57.6 Å². The Morgan fingerprint density at radius 2 is 2.00 bits per heavy atom. The Kier molecular flexibility index (Phi) is 3.69. The van der Waals surface area contributed by atoms with Crippen molar-refractivity contribution >= 4 is 11.9 Å². The monoisotopic (exact) mass is 287 g/mol. The molecule has 2 rings (SSSR count). The van der Waals surface area contributed by atoms with Gasteiger partial charge in [-0.25, -0.2) is 0 Å². The van der Waals surface area contributed by atoms with Gasteiger partial charge in [-0.1, -0.05) is 18.2 Å². The van der Waals surface area contributed by atoms with E-state index in [0.717, 1.165) is 5.56 Å². The fourth-order valence-corrected chi connectivity index (χ4v) is 2.33. The summed E-state index contributed by atoms with van der Waals surface area (Å²) in [5, 5.41) is 8.81. The van der Waals surface area contributed by atoms with Crippen molar-refractivity contribution in [2.75, 3.05) is 6.54 Å². The minimum Gasteiger partial charge on any atom is -0.481 e. The van der Waals surface area contributed by atoms with Crippen LogP contribution in [0.1, 0.15) is 16.7 Å². The summed E-state index contributed by atoms with van der Waals surface area (Å²) in [7, 11) is 0. The number of aliphatic carboxylic acids is 1. The molecule has 20 heavy (non-hydrogen) atoms. The fourth-order valence-electron chi connectivity index (χ4n) is 2.33. The van der Waals surface area contributed by atoms with Crippen LogP contribution in [-0.4, -0.2) is 34.6 Å². The highest BCUT2D eigenvalue weighted by Gasteiger charge is 2.43. The van der Waals surface area contributed by atoms with Gasteiger partial charge in [-0.3, -0.25) is 9.59 Å². The van der Waals surface area contributed by atoms with Crippen molar-refractivity contribution in [2.45, 2.75) is 25.6 Å². The van der Waals surface area contributed by atoms with Gasteiger partial charge in [0.25, 0.3) is 0 Å². The van der Waals surface area contributed by atoms with Gasteiger partial charge in [-0.2, -0.15) is 13.2 Å². The van der Waals surface area contributed by atoms with E-state index in [1.165, 1.54) is 0 Å². The molecule has 1 heterocycles. The van der Waals surface area contributed by atoms with E-state index in [1.54, 1.807) is 18.2 Å². The lowest BCUT2D eigenvalue weighted by atomic mass is 9.93. The summed E-state index contributed by atoms with van der Waals surface area (Å²) < 4.78 is 37.3. The number of carboxylic acids is 1. The number of halogens is 3. The van der Waals surface area contributed by atoms with Crippen LogP contribution in [0, 0.1) is 0 Å². The minimum absolute atomic E-state index is 0.0120. The molecule has 0 saturated carbocycles. The predicted octanol–water partition coefficient (Wildman–Crippen LogP) is 1.76. The molecule has 4 nitrogen and oxygen atoms in total. The van der Waals surface area contributed by atoms with Crippen LogP contribution in [0.25, 0.3) is 0 Å². The van der Waals surface area contributed by atoms with Crippen molar-refractivity contribution in [2.24, 2.45) is 0 Å². The van der Waals surface area contributed by atoms with E-state index in [1.807, 2.05) is 0 Å². The maximum atomic E-state index is 12.4. The number of hydrogen-bond donors (Lipinski definition) is 1. The van der Waals surface area contributed by atoms with Crippen molar-refractivity contribution in [3.05, 3.63) is 34.9 Å². The number of amides is 1. The first-order valence-corrected chi connectivity index (χ1v) is 5.96. The molecule has 0 saturated heterocycles. The van der Waals surface area contributed by atoms with Gasteiger partial charge < -0.3 is 10.0 Å². The average molecular weight is 287 g/mol. The van der Waals surface area contributed by atoms with Crippen LogP contribution in [-0.2, 0) is 29.0 Å². The van der Waals surface area contributed by atoms with Crippen molar-refractivity contribution in [1.29, 1.82) is 0 Å². The minimum atomic E-state index is -4.90. The number of rotatable bonds is 2. The second kappa shape index (κ2) is 5.15. The lowest BCUT2D eigenvalue weighted by Crippen LogP contribution is -2.44. The molecule has 1 N–H and O–H groups in total. The van der Waals surface area contributed by atoms with Gasteiger partial charge >= 0.3 is 18.1 Å². The number of alkyl halides is 3. The highest BCUT2D eigenvalue weighted by molar-refractivity contribution is 5.82. The third-order valence-corrected chi connectivity index (χ3v) is 3.24. The Bertz CT molecular complexity index is 554. The zero-order valence-electron chi connectivity index (χ0n) is 10.4. The van der Waals surface area contributed by atoms with Crippen molar-refractivity contribution in [3.63, 3.8) is 0 Å². The van der Waals surface area contributed by atoms with Crippen molar-refractivity contribution in [1.82, 2.24) is 4.90 Å². The molecule has 7 heteroatoms. The zero-order chi connectivity index (χ0) is 14.9. The van der Waals surface area contributed by atoms with E-state index in [9.17, 15) is 22.8 Å². The van der Waals surface area contributed by atoms with Crippen LogP contribution >= 0.6 is 0 Å². The molecule has 0 bridgehead atoms. The number of fused-ring (bicyclic) bond motifs is 1. The number of carboxylic acid groups (broad SMARTS) is 1. The Hall–Kier alpha value is -2.05. The van der Waals surface area contributed by atoms with Crippen molar-refractivity contribution in [3.8, 4) is 0 Å². The smallest absolute Gasteiger partial charge is 0.471 e. The van der Waals surface area contributed by atoms with E-state index in [0.29, 0.717) is 22.4 Å². The van der Waals surface area contributed by atoms with Crippen molar-refractivity contribution < 1.29 is 27.9 Å². The van der Waals surface area contributed by atoms with Crippen LogP contribution < -0.4 is 0 Å². The van der Waals surface area contributed by atoms with Gasteiger partial charge in [0.15, 0.2) is 0 Å². The maximum absolute atomic E-state index is 12.4. The molecule has 0 atom stereocenters. The van der Waals surface area contributed by atoms with E-state index < -0.39 is 18.1 Å². The predicted molar refractivity (Wildman–Crippen MR) is 63.0 cm³/mol. The molecule has 0 fully saturated rings. The lowest BCUT2D eigenvalue weighted by Gasteiger charge is -2.30. The number of nitrogens with zero attached hydrogens (tertiary/aromatic N) is 1. The molecule has 1 aliphatic rings. The summed E-state index contributed by atoms with van der Waals surface area (Å²) in [5.74, 6) is -2.94. The molecule has 0 aliphatic carbocycles. The summed E-state index contributed by atoms with van der Waals surface area (Å²) in [5.41, 5.74) is 1.77. The number of carbonyl (C=O) groups excluding carboxylic acids is 1. The van der Waals surface area contributed by atoms with Crippen LogP contribution in [0.3, 0.4) is 0 Å². The van der Waals surface area contributed by atoms with Crippen LogP contribution in [0.4, 0.5) is 13.2 Å². The normalized spacial score (nSPS) is 14.8. The largest absolute Gasteiger partial charge is 0.481 e. The molecule has 1 aromatic rings. The lowest BCUT2D eigenvalue weighted by molar-refractivity contribution is -0.186. The van der Waals surface area contributed by atoms with Crippen LogP contribution in [0.15, 0.2) is 18.2 Å². The molecule has 0 unspecified atom stereocenters. The second-order valence-corrected chi connectivity index (χ2v) is 4.60. The van der Waals surface area contributed by atoms with E-state index in [-0.39, 0.29) is 19.5 Å². The summed E-state index contributed by atoms with van der Waals surface area (Å²) in [6, 6.07) is 4.99. The quantitative estimate of drug-likeness (QED) is 0.901. The molecular formula is C13H12F3NO3. The second-order valence-electron chi connectivity index (χ2n) is 4.60. The van der Waals surface area contributed by atoms with E-state index in [4.69, 9.17) is 5.11 Å². The average Bonchev–Trinajstić information content (AvgIpc) is 2.36. The summed E-state index contributed by atoms with van der Waals surface area (Å²) in [4.78, 5) is 22.7. The molecule has 1 aromatic carbocycles. The molecule has 0 aromatic heterocycles. The fraction of sp³-hybridized carbons (Fsp3) is 0.385. The number of benzene rings is 1. The molecule has 1 amide bonds. The van der Waals surface area contributed by atoms with E-state index >= 15 is 0 Å². The van der Waals surface area contributed by atoms with Crippen LogP contribution in [0.5, 0.6) is 0 Å². The maximum Gasteiger partial charge on any atom is 0.471 e. The first kappa shape index (κ1) is 14.4. The third-order valence-electron chi connectivity index (χ3n) is 3.24. The van der Waals surface area contributed by atoms with Gasteiger partial charge in [0.2, 0.25) is 0 Å². The Balaban J connectivity index is 2.28. The van der Waals surface area contributed by atoms with Gasteiger partial charge in [0.1, 0.15) is 0 Å². The zero-order valence-corrected chi connectivity index (χ0v) is 10.4. The van der Waals surface area contributed by atoms with Gasteiger partial charge in [-0.05, 0) is 23.1 Å². The first-order valence-electron chi connectivity index (χ1n) is 5.96. The Morgan fingerprint density at radius 1 is 1.30 bits per heavy atom. The summed E-state index contributed by atoms with van der Waals surface area (Å²) in [6.45, 7) is -0.209. The number of carbonyl (C=O) groups is 2.